The van der Waals surface area contributed by atoms with Gasteiger partial charge in [0.15, 0.2) is 0 Å². The van der Waals surface area contributed by atoms with Gasteiger partial charge in [-0.15, -0.1) is 5.10 Å². The van der Waals surface area contributed by atoms with E-state index >= 15 is 0 Å². The van der Waals surface area contributed by atoms with Crippen LogP contribution in [0.3, 0.4) is 0 Å². The van der Waals surface area contributed by atoms with Crippen molar-refractivity contribution in [3.8, 4) is 0 Å². The Balaban J connectivity index is 2.30. The van der Waals surface area contributed by atoms with E-state index < -0.39 is 0 Å². The van der Waals surface area contributed by atoms with Gasteiger partial charge in [-0.05, 0) is 17.4 Å². The van der Waals surface area contributed by atoms with Crippen LogP contribution in [0.2, 0.25) is 0 Å². The standard InChI is InChI=1S/C5H10N6/c1-5(6)7-2-3-11-4-8-9-10-11/h4H,2-3H2,1H3,(H2,6,7). The first kappa shape index (κ1) is 7.64. The molecule has 0 spiro atoms. The predicted molar refractivity (Wildman–Crippen MR) is 40.0 cm³/mol. The maximum atomic E-state index is 5.32. The molecule has 60 valence electrons. The van der Waals surface area contributed by atoms with E-state index in [0.29, 0.717) is 18.9 Å². The molecule has 6 heteroatoms. The first-order chi connectivity index (χ1) is 5.29. The monoisotopic (exact) mass is 154 g/mol. The average Bonchev–Trinajstić information content (AvgIpc) is 2.39. The second-order valence-corrected chi connectivity index (χ2v) is 2.10. The number of rotatable bonds is 3. The molecule has 0 bridgehead atoms. The van der Waals surface area contributed by atoms with Crippen molar-refractivity contribution in [1.82, 2.24) is 20.2 Å². The summed E-state index contributed by atoms with van der Waals surface area (Å²) in [6.45, 7) is 3.04. The summed E-state index contributed by atoms with van der Waals surface area (Å²) in [5.41, 5.74) is 5.32. The number of amidine groups is 1. The highest BCUT2D eigenvalue weighted by molar-refractivity contribution is 5.77. The molecule has 1 aromatic heterocycles. The Hall–Kier alpha value is -1.46. The summed E-state index contributed by atoms with van der Waals surface area (Å²) in [7, 11) is 0. The lowest BCUT2D eigenvalue weighted by molar-refractivity contribution is 0.598. The Morgan fingerprint density at radius 3 is 3.09 bits per heavy atom. The Morgan fingerprint density at radius 2 is 2.55 bits per heavy atom. The molecule has 0 amide bonds. The molecular formula is C5H10N6. The number of hydrogen-bond acceptors (Lipinski definition) is 4. The minimum atomic E-state index is 0.582. The van der Waals surface area contributed by atoms with Gasteiger partial charge < -0.3 is 5.73 Å². The molecule has 0 aromatic carbocycles. The summed E-state index contributed by atoms with van der Waals surface area (Å²) in [5, 5.41) is 10.6. The molecule has 0 saturated heterocycles. The molecule has 0 aliphatic heterocycles. The van der Waals surface area contributed by atoms with Crippen molar-refractivity contribution in [2.24, 2.45) is 10.7 Å². The third-order valence-electron chi connectivity index (χ3n) is 1.08. The summed E-state index contributed by atoms with van der Waals surface area (Å²) < 4.78 is 1.60. The Kier molecular flexibility index (Phi) is 2.53. The number of nitrogens with zero attached hydrogens (tertiary/aromatic N) is 5. The van der Waals surface area contributed by atoms with Gasteiger partial charge in [0.05, 0.1) is 18.9 Å². The minimum Gasteiger partial charge on any atom is -0.388 e. The van der Waals surface area contributed by atoms with Crippen LogP contribution in [0.1, 0.15) is 6.92 Å². The van der Waals surface area contributed by atoms with Crippen molar-refractivity contribution in [3.05, 3.63) is 6.33 Å². The van der Waals surface area contributed by atoms with E-state index in [1.165, 1.54) is 0 Å². The highest BCUT2D eigenvalue weighted by Crippen LogP contribution is 1.78. The fourth-order valence-electron chi connectivity index (χ4n) is 0.612. The Morgan fingerprint density at radius 1 is 1.73 bits per heavy atom. The van der Waals surface area contributed by atoms with E-state index in [2.05, 4.69) is 20.5 Å². The van der Waals surface area contributed by atoms with Crippen molar-refractivity contribution < 1.29 is 0 Å². The van der Waals surface area contributed by atoms with Crippen molar-refractivity contribution in [3.63, 3.8) is 0 Å². The number of nitrogens with two attached hydrogens (primary N) is 1. The van der Waals surface area contributed by atoms with Crippen LogP contribution in [0.5, 0.6) is 0 Å². The average molecular weight is 154 g/mol. The molecule has 1 rings (SSSR count). The first-order valence-corrected chi connectivity index (χ1v) is 3.26. The van der Waals surface area contributed by atoms with E-state index in [0.717, 1.165) is 0 Å². The number of aliphatic imine (C=N–C) groups is 1. The van der Waals surface area contributed by atoms with Crippen molar-refractivity contribution >= 4 is 5.84 Å². The lowest BCUT2D eigenvalue weighted by atomic mass is 10.6. The topological polar surface area (TPSA) is 82.0 Å². The highest BCUT2D eigenvalue weighted by Gasteiger charge is 1.89. The first-order valence-electron chi connectivity index (χ1n) is 3.26. The van der Waals surface area contributed by atoms with E-state index in [1.54, 1.807) is 17.9 Å². The minimum absolute atomic E-state index is 0.582. The van der Waals surface area contributed by atoms with Gasteiger partial charge >= 0.3 is 0 Å². The number of tetrazole rings is 1. The van der Waals surface area contributed by atoms with Crippen LogP contribution in [0, 0.1) is 0 Å². The molecule has 0 saturated carbocycles. The summed E-state index contributed by atoms with van der Waals surface area (Å²) in [4.78, 5) is 3.98. The third kappa shape index (κ3) is 2.74. The fourth-order valence-corrected chi connectivity index (χ4v) is 0.612. The smallest absolute Gasteiger partial charge is 0.138 e. The van der Waals surface area contributed by atoms with Crippen LogP contribution in [0.15, 0.2) is 11.3 Å². The van der Waals surface area contributed by atoms with Crippen molar-refractivity contribution in [2.45, 2.75) is 13.5 Å². The zero-order valence-electron chi connectivity index (χ0n) is 6.30. The quantitative estimate of drug-likeness (QED) is 0.449. The Bertz CT molecular complexity index is 221. The van der Waals surface area contributed by atoms with E-state index in [-0.39, 0.29) is 0 Å². The molecule has 0 radical (unpaired) electrons. The molecule has 0 fully saturated rings. The van der Waals surface area contributed by atoms with E-state index in [4.69, 9.17) is 5.73 Å². The maximum absolute atomic E-state index is 5.32. The van der Waals surface area contributed by atoms with Gasteiger partial charge in [-0.3, -0.25) is 4.99 Å². The normalized spacial score (nSPS) is 11.9. The van der Waals surface area contributed by atoms with Gasteiger partial charge in [-0.1, -0.05) is 0 Å². The van der Waals surface area contributed by atoms with E-state index in [1.807, 2.05) is 0 Å². The second kappa shape index (κ2) is 3.65. The molecular weight excluding hydrogens is 144 g/mol. The Labute approximate surface area is 64.1 Å². The number of aromatic nitrogens is 4. The summed E-state index contributed by atoms with van der Waals surface area (Å²) in [5.74, 6) is 0.582. The number of hydrogen-bond donors (Lipinski definition) is 1. The summed E-state index contributed by atoms with van der Waals surface area (Å²) in [6, 6.07) is 0. The zero-order chi connectivity index (χ0) is 8.10. The second-order valence-electron chi connectivity index (χ2n) is 2.10. The van der Waals surface area contributed by atoms with Crippen LogP contribution < -0.4 is 5.73 Å². The SMILES string of the molecule is CC(N)=NCCn1cnnn1. The molecule has 1 aromatic rings. The predicted octanol–water partition coefficient (Wildman–Crippen LogP) is -0.950. The fraction of sp³-hybridized carbons (Fsp3) is 0.600. The van der Waals surface area contributed by atoms with Gasteiger partial charge in [0.25, 0.3) is 0 Å². The van der Waals surface area contributed by atoms with Crippen molar-refractivity contribution in [1.29, 1.82) is 0 Å². The molecule has 2 N–H and O–H groups in total. The molecule has 11 heavy (non-hydrogen) atoms. The van der Waals surface area contributed by atoms with Crippen molar-refractivity contribution in [2.75, 3.05) is 6.54 Å². The van der Waals surface area contributed by atoms with Gasteiger partial charge in [-0.25, -0.2) is 4.68 Å². The largest absolute Gasteiger partial charge is 0.388 e. The lowest BCUT2D eigenvalue weighted by Gasteiger charge is -1.94. The molecule has 1 heterocycles. The third-order valence-corrected chi connectivity index (χ3v) is 1.08. The van der Waals surface area contributed by atoms with Gasteiger partial charge in [-0.2, -0.15) is 0 Å². The molecule has 0 aliphatic carbocycles. The van der Waals surface area contributed by atoms with Crippen LogP contribution in [-0.4, -0.2) is 32.6 Å². The van der Waals surface area contributed by atoms with Gasteiger partial charge in [0.1, 0.15) is 6.33 Å². The molecule has 0 atom stereocenters. The molecule has 6 nitrogen and oxygen atoms in total. The molecule has 0 unspecified atom stereocenters. The summed E-state index contributed by atoms with van der Waals surface area (Å²) >= 11 is 0. The maximum Gasteiger partial charge on any atom is 0.138 e. The van der Waals surface area contributed by atoms with Crippen LogP contribution in [-0.2, 0) is 6.54 Å². The molecule has 0 aliphatic rings. The zero-order valence-corrected chi connectivity index (χ0v) is 6.30. The highest BCUT2D eigenvalue weighted by atomic mass is 15.5. The van der Waals surface area contributed by atoms with Crippen LogP contribution in [0.4, 0.5) is 0 Å². The van der Waals surface area contributed by atoms with Gasteiger partial charge in [0, 0.05) is 0 Å². The van der Waals surface area contributed by atoms with Gasteiger partial charge in [0.2, 0.25) is 0 Å². The van der Waals surface area contributed by atoms with E-state index in [9.17, 15) is 0 Å². The lowest BCUT2D eigenvalue weighted by Crippen LogP contribution is -2.09. The van der Waals surface area contributed by atoms with Crippen LogP contribution in [0.25, 0.3) is 0 Å². The van der Waals surface area contributed by atoms with Crippen LogP contribution >= 0.6 is 0 Å². The summed E-state index contributed by atoms with van der Waals surface area (Å²) in [6.07, 6.45) is 1.54.